The molecule has 0 aliphatic rings. The average Bonchev–Trinajstić information content (AvgIpc) is 2.76. The van der Waals surface area contributed by atoms with Gasteiger partial charge in [-0.2, -0.15) is 0 Å². The number of rotatable bonds is 4. The lowest BCUT2D eigenvalue weighted by molar-refractivity contribution is 0.0697. The first-order valence-electron chi connectivity index (χ1n) is 5.00. The summed E-state index contributed by atoms with van der Waals surface area (Å²) < 4.78 is 27.2. The van der Waals surface area contributed by atoms with Gasteiger partial charge < -0.3 is 5.11 Å². The Labute approximate surface area is 122 Å². The molecule has 8 heteroatoms. The summed E-state index contributed by atoms with van der Waals surface area (Å²) in [6.45, 7) is 0. The van der Waals surface area contributed by atoms with Crippen molar-refractivity contribution < 1.29 is 18.3 Å². The van der Waals surface area contributed by atoms with E-state index in [1.807, 2.05) is 0 Å². The summed E-state index contributed by atoms with van der Waals surface area (Å²) in [6.07, 6.45) is 0. The van der Waals surface area contributed by atoms with Gasteiger partial charge in [0.15, 0.2) is 0 Å². The molecule has 0 aliphatic heterocycles. The number of hydrogen-bond acceptors (Lipinski definition) is 4. The van der Waals surface area contributed by atoms with Gasteiger partial charge in [0.05, 0.1) is 9.35 Å². The summed E-state index contributed by atoms with van der Waals surface area (Å²) in [6, 6.07) is 8.73. The third kappa shape index (κ3) is 3.34. The third-order valence-electron chi connectivity index (χ3n) is 2.18. The molecule has 0 atom stereocenters. The minimum absolute atomic E-state index is 0.0209. The van der Waals surface area contributed by atoms with E-state index in [1.54, 1.807) is 6.07 Å². The maximum atomic E-state index is 12.0. The van der Waals surface area contributed by atoms with E-state index in [0.717, 1.165) is 11.3 Å². The van der Waals surface area contributed by atoms with Crippen LogP contribution in [0.25, 0.3) is 0 Å². The largest absolute Gasteiger partial charge is 0.478 e. The highest BCUT2D eigenvalue weighted by Gasteiger charge is 2.17. The second-order valence-corrected chi connectivity index (χ2v) is 7.92. The van der Waals surface area contributed by atoms with Crippen LogP contribution in [-0.2, 0) is 10.0 Å². The molecular weight excluding hydrogens is 354 g/mol. The highest BCUT2D eigenvalue weighted by Crippen LogP contribution is 2.27. The summed E-state index contributed by atoms with van der Waals surface area (Å²) in [5.74, 6) is -1.11. The summed E-state index contributed by atoms with van der Waals surface area (Å²) in [5.41, 5.74) is 0.233. The number of carboxylic acid groups (broad SMARTS) is 1. The molecule has 5 nitrogen and oxygen atoms in total. The summed E-state index contributed by atoms with van der Waals surface area (Å²) >= 11 is 4.26. The summed E-state index contributed by atoms with van der Waals surface area (Å²) in [4.78, 5) is 10.8. The van der Waals surface area contributed by atoms with Crippen molar-refractivity contribution in [1.29, 1.82) is 0 Å². The van der Waals surface area contributed by atoms with Crippen LogP contribution >= 0.6 is 27.3 Å². The van der Waals surface area contributed by atoms with E-state index in [4.69, 9.17) is 5.11 Å². The molecule has 0 bridgehead atoms. The highest BCUT2D eigenvalue weighted by atomic mass is 79.9. The first-order valence-corrected chi connectivity index (χ1v) is 8.09. The van der Waals surface area contributed by atoms with Crippen LogP contribution in [0.2, 0.25) is 0 Å². The average molecular weight is 362 g/mol. The lowest BCUT2D eigenvalue weighted by atomic mass is 10.2. The zero-order valence-corrected chi connectivity index (χ0v) is 12.5. The second-order valence-electron chi connectivity index (χ2n) is 3.55. The lowest BCUT2D eigenvalue weighted by Crippen LogP contribution is -2.11. The van der Waals surface area contributed by atoms with Crippen molar-refractivity contribution in [3.63, 3.8) is 0 Å². The number of hydrogen-bond donors (Lipinski definition) is 2. The van der Waals surface area contributed by atoms with Gasteiger partial charge in [-0.1, -0.05) is 6.07 Å². The quantitative estimate of drug-likeness (QED) is 0.876. The van der Waals surface area contributed by atoms with E-state index in [9.17, 15) is 13.2 Å². The molecule has 2 N–H and O–H groups in total. The third-order valence-corrected chi connectivity index (χ3v) is 5.67. The van der Waals surface area contributed by atoms with Crippen LogP contribution in [0.15, 0.2) is 44.4 Å². The van der Waals surface area contributed by atoms with Crippen molar-refractivity contribution in [3.8, 4) is 0 Å². The Kier molecular flexibility index (Phi) is 3.93. The van der Waals surface area contributed by atoms with E-state index in [1.165, 1.54) is 30.3 Å². The molecule has 0 saturated heterocycles. The molecular formula is C11H8BrNO4S2. The standard InChI is InChI=1S/C11H8BrNO4S2/c12-9-4-5-10(18-9)19(16,17)13-8-3-1-2-7(6-8)11(14)15/h1-6,13H,(H,14,15). The minimum Gasteiger partial charge on any atom is -0.478 e. The van der Waals surface area contributed by atoms with Crippen molar-refractivity contribution in [2.75, 3.05) is 4.72 Å². The Morgan fingerprint density at radius 2 is 2.00 bits per heavy atom. The molecule has 0 fully saturated rings. The van der Waals surface area contributed by atoms with Crippen LogP contribution in [0.3, 0.4) is 0 Å². The van der Waals surface area contributed by atoms with Crippen LogP contribution in [-0.4, -0.2) is 19.5 Å². The van der Waals surface area contributed by atoms with Crippen LogP contribution in [0, 0.1) is 0 Å². The predicted molar refractivity (Wildman–Crippen MR) is 76.2 cm³/mol. The van der Waals surface area contributed by atoms with Gasteiger partial charge in [-0.15, -0.1) is 11.3 Å². The van der Waals surface area contributed by atoms with Crippen LogP contribution in [0.4, 0.5) is 5.69 Å². The molecule has 0 saturated carbocycles. The van der Waals surface area contributed by atoms with Crippen molar-refractivity contribution in [2.45, 2.75) is 4.21 Å². The molecule has 1 aromatic heterocycles. The number of aromatic carboxylic acids is 1. The number of sulfonamides is 1. The summed E-state index contributed by atoms with van der Waals surface area (Å²) in [7, 11) is -3.69. The van der Waals surface area contributed by atoms with E-state index in [2.05, 4.69) is 20.7 Å². The number of anilines is 1. The molecule has 0 amide bonds. The maximum absolute atomic E-state index is 12.0. The van der Waals surface area contributed by atoms with Crippen LogP contribution in [0.5, 0.6) is 0 Å². The first-order chi connectivity index (χ1) is 8.88. The number of benzene rings is 1. The first kappa shape index (κ1) is 14.0. The van der Waals surface area contributed by atoms with Gasteiger partial charge in [-0.3, -0.25) is 4.72 Å². The summed E-state index contributed by atoms with van der Waals surface area (Å²) in [5, 5.41) is 8.85. The minimum atomic E-state index is -3.69. The van der Waals surface area contributed by atoms with Gasteiger partial charge in [0.2, 0.25) is 0 Å². The second kappa shape index (κ2) is 5.32. The Morgan fingerprint density at radius 1 is 1.26 bits per heavy atom. The predicted octanol–water partition coefficient (Wildman–Crippen LogP) is 3.01. The Morgan fingerprint density at radius 3 is 2.58 bits per heavy atom. The zero-order chi connectivity index (χ0) is 14.0. The molecule has 2 rings (SSSR count). The number of halogens is 1. The fraction of sp³-hybridized carbons (Fsp3) is 0. The van der Waals surface area contributed by atoms with E-state index in [-0.39, 0.29) is 15.5 Å². The molecule has 2 aromatic rings. The number of nitrogens with one attached hydrogen (secondary N) is 1. The van der Waals surface area contributed by atoms with Crippen molar-refractivity contribution in [2.24, 2.45) is 0 Å². The van der Waals surface area contributed by atoms with E-state index < -0.39 is 16.0 Å². The van der Waals surface area contributed by atoms with E-state index in [0.29, 0.717) is 3.79 Å². The monoisotopic (exact) mass is 361 g/mol. The number of carboxylic acids is 1. The highest BCUT2D eigenvalue weighted by molar-refractivity contribution is 9.11. The molecule has 0 aliphatic carbocycles. The Bertz CT molecular complexity index is 724. The van der Waals surface area contributed by atoms with Gasteiger partial charge in [-0.25, -0.2) is 13.2 Å². The maximum Gasteiger partial charge on any atom is 0.335 e. The van der Waals surface area contributed by atoms with Crippen LogP contribution < -0.4 is 4.72 Å². The Hall–Kier alpha value is -1.38. The number of thiophene rings is 1. The molecule has 0 spiro atoms. The van der Waals surface area contributed by atoms with Gasteiger partial charge >= 0.3 is 5.97 Å². The smallest absolute Gasteiger partial charge is 0.335 e. The fourth-order valence-corrected chi connectivity index (χ4v) is 4.42. The molecule has 1 aromatic carbocycles. The van der Waals surface area contributed by atoms with Crippen molar-refractivity contribution in [3.05, 3.63) is 45.7 Å². The van der Waals surface area contributed by atoms with Crippen molar-refractivity contribution in [1.82, 2.24) is 0 Å². The molecule has 100 valence electrons. The molecule has 0 unspecified atom stereocenters. The van der Waals surface area contributed by atoms with Gasteiger partial charge in [-0.05, 0) is 46.3 Å². The lowest BCUT2D eigenvalue weighted by Gasteiger charge is -2.06. The van der Waals surface area contributed by atoms with Gasteiger partial charge in [0.1, 0.15) is 4.21 Å². The molecule has 1 heterocycles. The SMILES string of the molecule is O=C(O)c1cccc(NS(=O)(=O)c2ccc(Br)s2)c1. The topological polar surface area (TPSA) is 83.5 Å². The van der Waals surface area contributed by atoms with Crippen molar-refractivity contribution >= 4 is 48.9 Å². The molecule has 19 heavy (non-hydrogen) atoms. The normalized spacial score (nSPS) is 11.2. The van der Waals surface area contributed by atoms with Gasteiger partial charge in [0, 0.05) is 5.69 Å². The van der Waals surface area contributed by atoms with Gasteiger partial charge in [0.25, 0.3) is 10.0 Å². The Balaban J connectivity index is 2.30. The zero-order valence-electron chi connectivity index (χ0n) is 9.33. The van der Waals surface area contributed by atoms with Crippen LogP contribution in [0.1, 0.15) is 10.4 Å². The van der Waals surface area contributed by atoms with E-state index >= 15 is 0 Å². The fourth-order valence-electron chi connectivity index (χ4n) is 1.36. The number of carbonyl (C=O) groups is 1. The molecule has 0 radical (unpaired) electrons.